The van der Waals surface area contributed by atoms with Crippen molar-refractivity contribution in [2.45, 2.75) is 32.2 Å². The molecule has 3 N–H and O–H groups in total. The van der Waals surface area contributed by atoms with Gasteiger partial charge in [0.1, 0.15) is 0 Å². The van der Waals surface area contributed by atoms with Crippen molar-refractivity contribution in [3.05, 3.63) is 30.0 Å². The lowest BCUT2D eigenvalue weighted by Crippen LogP contribution is -2.53. The van der Waals surface area contributed by atoms with Crippen LogP contribution in [0.4, 0.5) is 0 Å². The molecule has 2 aromatic rings. The second kappa shape index (κ2) is 5.63. The van der Waals surface area contributed by atoms with Gasteiger partial charge in [-0.15, -0.1) is 0 Å². The number of amides is 1. The van der Waals surface area contributed by atoms with Crippen molar-refractivity contribution in [2.24, 2.45) is 12.8 Å². The van der Waals surface area contributed by atoms with Crippen molar-refractivity contribution in [1.82, 2.24) is 15.1 Å². The predicted molar refractivity (Wildman–Crippen MR) is 80.5 cm³/mol. The highest BCUT2D eigenvalue weighted by Crippen LogP contribution is 2.19. The van der Waals surface area contributed by atoms with Crippen LogP contribution in [0.5, 0.6) is 0 Å². The van der Waals surface area contributed by atoms with Crippen LogP contribution in [-0.2, 0) is 7.05 Å². The fraction of sp³-hybridized carbons (Fsp3) is 0.467. The van der Waals surface area contributed by atoms with E-state index in [1.54, 1.807) is 4.68 Å². The Kier molecular flexibility index (Phi) is 4.09. The summed E-state index contributed by atoms with van der Waals surface area (Å²) in [6.45, 7) is 4.50. The molecule has 1 aromatic carbocycles. The van der Waals surface area contributed by atoms with Crippen molar-refractivity contribution >= 4 is 16.8 Å². The minimum Gasteiger partial charge on any atom is -0.344 e. The quantitative estimate of drug-likeness (QED) is 0.873. The van der Waals surface area contributed by atoms with Crippen molar-refractivity contribution < 1.29 is 4.79 Å². The molecule has 0 unspecified atom stereocenters. The van der Waals surface area contributed by atoms with Gasteiger partial charge in [-0.2, -0.15) is 5.10 Å². The molecule has 0 aliphatic heterocycles. The molecule has 1 heterocycles. The first-order valence-electron chi connectivity index (χ1n) is 7.01. The summed E-state index contributed by atoms with van der Waals surface area (Å²) in [4.78, 5) is 12.5. The summed E-state index contributed by atoms with van der Waals surface area (Å²) < 4.78 is 1.73. The third kappa shape index (κ3) is 2.41. The molecule has 1 amide bonds. The van der Waals surface area contributed by atoms with Crippen LogP contribution in [0.1, 0.15) is 37.2 Å². The number of nitrogens with one attached hydrogen (secondary N) is 1. The van der Waals surface area contributed by atoms with Gasteiger partial charge in [0.25, 0.3) is 5.91 Å². The van der Waals surface area contributed by atoms with E-state index < -0.39 is 0 Å². The van der Waals surface area contributed by atoms with E-state index in [4.69, 9.17) is 5.73 Å². The Bertz CT molecular complexity index is 605. The molecule has 0 saturated heterocycles. The van der Waals surface area contributed by atoms with Gasteiger partial charge < -0.3 is 11.1 Å². The summed E-state index contributed by atoms with van der Waals surface area (Å²) in [5.41, 5.74) is 6.89. The molecule has 0 radical (unpaired) electrons. The third-order valence-corrected chi connectivity index (χ3v) is 4.10. The van der Waals surface area contributed by atoms with Gasteiger partial charge >= 0.3 is 0 Å². The van der Waals surface area contributed by atoms with Crippen LogP contribution >= 0.6 is 0 Å². The first-order chi connectivity index (χ1) is 9.56. The number of nitrogens with two attached hydrogens (primary N) is 1. The number of carbonyl (C=O) groups excluding carboxylic acids is 1. The number of carbonyl (C=O) groups is 1. The number of hydrogen-bond acceptors (Lipinski definition) is 3. The molecule has 108 valence electrons. The fourth-order valence-electron chi connectivity index (χ4n) is 2.45. The van der Waals surface area contributed by atoms with Crippen LogP contribution in [0.3, 0.4) is 0 Å². The Morgan fingerprint density at radius 3 is 2.60 bits per heavy atom. The van der Waals surface area contributed by atoms with Crippen LogP contribution in [-0.4, -0.2) is 27.8 Å². The molecule has 0 aliphatic carbocycles. The van der Waals surface area contributed by atoms with Crippen LogP contribution < -0.4 is 11.1 Å². The van der Waals surface area contributed by atoms with Gasteiger partial charge in [0.05, 0.1) is 11.1 Å². The smallest absolute Gasteiger partial charge is 0.272 e. The normalized spacial score (nSPS) is 11.8. The van der Waals surface area contributed by atoms with Crippen molar-refractivity contribution in [1.29, 1.82) is 0 Å². The van der Waals surface area contributed by atoms with Crippen molar-refractivity contribution in [3.8, 4) is 0 Å². The molecule has 20 heavy (non-hydrogen) atoms. The first-order valence-corrected chi connectivity index (χ1v) is 7.01. The van der Waals surface area contributed by atoms with E-state index in [2.05, 4.69) is 10.4 Å². The average Bonchev–Trinajstić information content (AvgIpc) is 2.83. The number of fused-ring (bicyclic) bond motifs is 1. The molecule has 5 nitrogen and oxygen atoms in total. The third-order valence-electron chi connectivity index (χ3n) is 4.10. The van der Waals surface area contributed by atoms with E-state index in [-0.39, 0.29) is 11.4 Å². The summed E-state index contributed by atoms with van der Waals surface area (Å²) in [5.74, 6) is -0.157. The fourth-order valence-corrected chi connectivity index (χ4v) is 2.45. The summed E-state index contributed by atoms with van der Waals surface area (Å²) in [5, 5.41) is 8.27. The SMILES string of the molecule is CCC(CC)(CN)NC(=O)c1nn(C)c2ccccc12. The zero-order valence-corrected chi connectivity index (χ0v) is 12.3. The number of hydrogen-bond donors (Lipinski definition) is 2. The number of para-hydroxylation sites is 1. The molecule has 0 saturated carbocycles. The van der Waals surface area contributed by atoms with Gasteiger partial charge in [0.2, 0.25) is 0 Å². The number of benzene rings is 1. The van der Waals surface area contributed by atoms with Crippen LogP contribution in [0.15, 0.2) is 24.3 Å². The number of aryl methyl sites for hydroxylation is 1. The number of rotatable bonds is 5. The lowest BCUT2D eigenvalue weighted by molar-refractivity contribution is 0.0891. The number of nitrogens with zero attached hydrogens (tertiary/aromatic N) is 2. The Balaban J connectivity index is 2.37. The molecule has 1 aromatic heterocycles. The van der Waals surface area contributed by atoms with Crippen LogP contribution in [0.25, 0.3) is 10.9 Å². The average molecular weight is 274 g/mol. The Hall–Kier alpha value is -1.88. The Morgan fingerprint density at radius 2 is 2.00 bits per heavy atom. The standard InChI is InChI=1S/C15H22N4O/c1-4-15(5-2,10-16)17-14(20)13-11-8-6-7-9-12(11)19(3)18-13/h6-9H,4-5,10,16H2,1-3H3,(H,17,20). The van der Waals surface area contributed by atoms with Crippen LogP contribution in [0.2, 0.25) is 0 Å². The largest absolute Gasteiger partial charge is 0.344 e. The molecule has 0 fully saturated rings. The monoisotopic (exact) mass is 274 g/mol. The maximum Gasteiger partial charge on any atom is 0.272 e. The highest BCUT2D eigenvalue weighted by atomic mass is 16.2. The maximum atomic E-state index is 12.5. The summed E-state index contributed by atoms with van der Waals surface area (Å²) >= 11 is 0. The van der Waals surface area contributed by atoms with E-state index in [1.165, 1.54) is 0 Å². The number of aromatic nitrogens is 2. The minimum atomic E-state index is -0.351. The van der Waals surface area contributed by atoms with E-state index in [0.29, 0.717) is 12.2 Å². The first kappa shape index (κ1) is 14.5. The lowest BCUT2D eigenvalue weighted by atomic mass is 9.92. The zero-order chi connectivity index (χ0) is 14.8. The van der Waals surface area contributed by atoms with Gasteiger partial charge in [-0.3, -0.25) is 9.48 Å². The highest BCUT2D eigenvalue weighted by Gasteiger charge is 2.28. The zero-order valence-electron chi connectivity index (χ0n) is 12.3. The molecule has 0 atom stereocenters. The molecule has 0 aliphatic rings. The highest BCUT2D eigenvalue weighted by molar-refractivity contribution is 6.05. The van der Waals surface area contributed by atoms with E-state index in [1.807, 2.05) is 45.2 Å². The molecular formula is C15H22N4O. The Morgan fingerprint density at radius 1 is 1.35 bits per heavy atom. The Labute approximate surface area is 119 Å². The lowest BCUT2D eigenvalue weighted by Gasteiger charge is -2.31. The second-order valence-corrected chi connectivity index (χ2v) is 5.14. The molecule has 0 spiro atoms. The van der Waals surface area contributed by atoms with Gasteiger partial charge in [0, 0.05) is 19.0 Å². The van der Waals surface area contributed by atoms with Gasteiger partial charge in [-0.1, -0.05) is 32.0 Å². The summed E-state index contributed by atoms with van der Waals surface area (Å²) in [6.07, 6.45) is 1.60. The van der Waals surface area contributed by atoms with Crippen LogP contribution in [0, 0.1) is 0 Å². The van der Waals surface area contributed by atoms with E-state index >= 15 is 0 Å². The molecule has 2 rings (SSSR count). The van der Waals surface area contributed by atoms with Gasteiger partial charge in [-0.25, -0.2) is 0 Å². The second-order valence-electron chi connectivity index (χ2n) is 5.14. The predicted octanol–water partition coefficient (Wildman–Crippen LogP) is 1.82. The minimum absolute atomic E-state index is 0.157. The summed E-state index contributed by atoms with van der Waals surface area (Å²) in [6, 6.07) is 7.72. The van der Waals surface area contributed by atoms with E-state index in [0.717, 1.165) is 23.7 Å². The van der Waals surface area contributed by atoms with Gasteiger partial charge in [-0.05, 0) is 18.9 Å². The molecular weight excluding hydrogens is 252 g/mol. The van der Waals surface area contributed by atoms with Crippen molar-refractivity contribution in [2.75, 3.05) is 6.54 Å². The summed E-state index contributed by atoms with van der Waals surface area (Å²) in [7, 11) is 1.84. The van der Waals surface area contributed by atoms with E-state index in [9.17, 15) is 4.79 Å². The van der Waals surface area contributed by atoms with Gasteiger partial charge in [0.15, 0.2) is 5.69 Å². The molecule has 0 bridgehead atoms. The maximum absolute atomic E-state index is 12.5. The topological polar surface area (TPSA) is 72.9 Å². The van der Waals surface area contributed by atoms with Crippen molar-refractivity contribution in [3.63, 3.8) is 0 Å². The molecule has 5 heteroatoms.